The zero-order valence-corrected chi connectivity index (χ0v) is 14.8. The van der Waals surface area contributed by atoms with E-state index in [9.17, 15) is 9.59 Å². The van der Waals surface area contributed by atoms with E-state index >= 15 is 0 Å². The van der Waals surface area contributed by atoms with Crippen LogP contribution in [0.3, 0.4) is 0 Å². The maximum Gasteiger partial charge on any atom is 0.248 e. The van der Waals surface area contributed by atoms with Crippen LogP contribution in [0, 0.1) is 0 Å². The summed E-state index contributed by atoms with van der Waals surface area (Å²) in [5, 5.41) is 2.86. The molecule has 2 aromatic rings. The molecule has 0 bridgehead atoms. The molecule has 2 aliphatic rings. The molecular formula is C21H20N2O4. The van der Waals surface area contributed by atoms with Crippen molar-refractivity contribution in [3.05, 3.63) is 59.7 Å². The van der Waals surface area contributed by atoms with Crippen molar-refractivity contribution in [1.82, 2.24) is 4.90 Å². The van der Waals surface area contributed by atoms with Gasteiger partial charge in [-0.25, -0.2) is 0 Å². The van der Waals surface area contributed by atoms with Gasteiger partial charge in [-0.3, -0.25) is 9.59 Å². The number of nitrogens with zero attached hydrogens (tertiary/aromatic N) is 1. The molecular weight excluding hydrogens is 344 g/mol. The average molecular weight is 364 g/mol. The van der Waals surface area contributed by atoms with E-state index in [4.69, 9.17) is 9.47 Å². The fraction of sp³-hybridized carbons (Fsp3) is 0.238. The lowest BCUT2D eigenvalue weighted by molar-refractivity contribution is -0.128. The first kappa shape index (κ1) is 17.1. The molecule has 2 amide bonds. The van der Waals surface area contributed by atoms with E-state index in [-0.39, 0.29) is 18.6 Å². The molecule has 1 fully saturated rings. The molecule has 0 saturated carbocycles. The van der Waals surface area contributed by atoms with Crippen molar-refractivity contribution in [3.8, 4) is 11.5 Å². The second-order valence-corrected chi connectivity index (χ2v) is 6.55. The lowest BCUT2D eigenvalue weighted by Crippen LogP contribution is -2.23. The second kappa shape index (κ2) is 7.53. The summed E-state index contributed by atoms with van der Waals surface area (Å²) in [6.45, 7) is 1.60. The Hall–Kier alpha value is -3.28. The molecule has 0 spiro atoms. The molecule has 1 N–H and O–H groups in total. The number of ether oxygens (including phenoxy) is 2. The van der Waals surface area contributed by atoms with E-state index in [2.05, 4.69) is 5.32 Å². The zero-order valence-electron chi connectivity index (χ0n) is 14.8. The molecule has 0 atom stereocenters. The van der Waals surface area contributed by atoms with E-state index in [1.165, 1.54) is 6.08 Å². The molecule has 0 unspecified atom stereocenters. The molecule has 27 heavy (non-hydrogen) atoms. The van der Waals surface area contributed by atoms with Gasteiger partial charge >= 0.3 is 0 Å². The van der Waals surface area contributed by atoms with Gasteiger partial charge in [0.15, 0.2) is 11.5 Å². The van der Waals surface area contributed by atoms with Crippen molar-refractivity contribution in [3.63, 3.8) is 0 Å². The highest BCUT2D eigenvalue weighted by Crippen LogP contribution is 2.32. The van der Waals surface area contributed by atoms with Crippen LogP contribution >= 0.6 is 0 Å². The van der Waals surface area contributed by atoms with Gasteiger partial charge in [-0.2, -0.15) is 0 Å². The van der Waals surface area contributed by atoms with E-state index < -0.39 is 0 Å². The van der Waals surface area contributed by atoms with Gasteiger partial charge in [0.25, 0.3) is 0 Å². The van der Waals surface area contributed by atoms with Crippen molar-refractivity contribution < 1.29 is 19.1 Å². The third kappa shape index (κ3) is 4.11. The van der Waals surface area contributed by atoms with E-state index in [1.807, 2.05) is 47.4 Å². The van der Waals surface area contributed by atoms with Crippen LogP contribution in [0.25, 0.3) is 6.08 Å². The van der Waals surface area contributed by atoms with Crippen LogP contribution < -0.4 is 14.8 Å². The summed E-state index contributed by atoms with van der Waals surface area (Å²) in [7, 11) is 0. The number of amides is 2. The predicted molar refractivity (Wildman–Crippen MR) is 101 cm³/mol. The maximum atomic E-state index is 12.2. The number of benzene rings is 2. The van der Waals surface area contributed by atoms with Gasteiger partial charge in [-0.15, -0.1) is 0 Å². The number of likely N-dealkylation sites (tertiary alicyclic amines) is 1. The van der Waals surface area contributed by atoms with E-state index in [0.717, 1.165) is 24.1 Å². The second-order valence-electron chi connectivity index (χ2n) is 6.55. The van der Waals surface area contributed by atoms with Crippen LogP contribution in [0.5, 0.6) is 11.5 Å². The van der Waals surface area contributed by atoms with E-state index in [0.29, 0.717) is 30.2 Å². The lowest BCUT2D eigenvalue weighted by atomic mass is 10.1. The van der Waals surface area contributed by atoms with Crippen LogP contribution in [-0.2, 0) is 16.1 Å². The molecule has 0 aromatic heterocycles. The molecule has 1 saturated heterocycles. The quantitative estimate of drug-likeness (QED) is 0.828. The normalized spacial score (nSPS) is 15.6. The molecule has 2 aromatic carbocycles. The standard InChI is InChI=1S/C21H20N2O4/c24-20(9-7-15-6-8-18-19(12-15)27-14-26-18)22-17-4-1-3-16(11-17)13-23-10-2-5-21(23)25/h1,3-4,6-9,11-12H,2,5,10,13-14H2,(H,22,24). The summed E-state index contributed by atoms with van der Waals surface area (Å²) >= 11 is 0. The van der Waals surface area contributed by atoms with Crippen LogP contribution in [0.15, 0.2) is 48.5 Å². The zero-order chi connectivity index (χ0) is 18.6. The average Bonchev–Trinajstić information content (AvgIpc) is 3.29. The lowest BCUT2D eigenvalue weighted by Gasteiger charge is -2.16. The highest BCUT2D eigenvalue weighted by atomic mass is 16.7. The largest absolute Gasteiger partial charge is 0.454 e. The maximum absolute atomic E-state index is 12.2. The van der Waals surface area contributed by atoms with Crippen molar-refractivity contribution in [2.24, 2.45) is 0 Å². The number of nitrogens with one attached hydrogen (secondary N) is 1. The molecule has 2 aliphatic heterocycles. The van der Waals surface area contributed by atoms with Crippen LogP contribution in [0.2, 0.25) is 0 Å². The Morgan fingerprint density at radius 2 is 2.04 bits per heavy atom. The van der Waals surface area contributed by atoms with Gasteiger partial charge in [0.2, 0.25) is 18.6 Å². The first-order valence-corrected chi connectivity index (χ1v) is 8.93. The smallest absolute Gasteiger partial charge is 0.248 e. The van der Waals surface area contributed by atoms with Gasteiger partial charge in [0.1, 0.15) is 0 Å². The van der Waals surface area contributed by atoms with Crippen LogP contribution in [-0.4, -0.2) is 30.1 Å². The third-order valence-electron chi connectivity index (χ3n) is 4.56. The van der Waals surface area contributed by atoms with Crippen LogP contribution in [0.4, 0.5) is 5.69 Å². The number of carbonyl (C=O) groups excluding carboxylic acids is 2. The Labute approximate surface area is 157 Å². The van der Waals surface area contributed by atoms with E-state index in [1.54, 1.807) is 6.08 Å². The topological polar surface area (TPSA) is 67.9 Å². The van der Waals surface area contributed by atoms with Gasteiger partial charge in [-0.1, -0.05) is 18.2 Å². The molecule has 6 heteroatoms. The van der Waals surface area contributed by atoms with Gasteiger partial charge in [0.05, 0.1) is 0 Å². The van der Waals surface area contributed by atoms with Crippen molar-refractivity contribution in [2.45, 2.75) is 19.4 Å². The molecule has 4 rings (SSSR count). The first-order chi connectivity index (χ1) is 13.2. The Bertz CT molecular complexity index is 907. The summed E-state index contributed by atoms with van der Waals surface area (Å²) < 4.78 is 10.6. The Kier molecular flexibility index (Phi) is 4.78. The third-order valence-corrected chi connectivity index (χ3v) is 4.56. The summed E-state index contributed by atoms with van der Waals surface area (Å²) in [6.07, 6.45) is 4.75. The van der Waals surface area contributed by atoms with Crippen LogP contribution in [0.1, 0.15) is 24.0 Å². The summed E-state index contributed by atoms with van der Waals surface area (Å²) in [5.41, 5.74) is 2.57. The van der Waals surface area contributed by atoms with Crippen molar-refractivity contribution in [1.29, 1.82) is 0 Å². The van der Waals surface area contributed by atoms with Gasteiger partial charge in [0, 0.05) is 31.3 Å². The molecule has 2 heterocycles. The molecule has 0 aliphatic carbocycles. The predicted octanol–water partition coefficient (Wildman–Crippen LogP) is 3.19. The highest BCUT2D eigenvalue weighted by Gasteiger charge is 2.20. The number of rotatable bonds is 5. The minimum atomic E-state index is -0.220. The summed E-state index contributed by atoms with van der Waals surface area (Å²) in [6, 6.07) is 13.1. The van der Waals surface area contributed by atoms with Gasteiger partial charge < -0.3 is 19.7 Å². The fourth-order valence-corrected chi connectivity index (χ4v) is 3.21. The molecule has 6 nitrogen and oxygen atoms in total. The minimum absolute atomic E-state index is 0.191. The number of carbonyl (C=O) groups is 2. The van der Waals surface area contributed by atoms with Gasteiger partial charge in [-0.05, 0) is 47.9 Å². The monoisotopic (exact) mass is 364 g/mol. The summed E-state index contributed by atoms with van der Waals surface area (Å²) in [4.78, 5) is 25.8. The minimum Gasteiger partial charge on any atom is -0.454 e. The van der Waals surface area contributed by atoms with Crippen molar-refractivity contribution in [2.75, 3.05) is 18.7 Å². The number of hydrogen-bond acceptors (Lipinski definition) is 4. The Morgan fingerprint density at radius 3 is 2.89 bits per heavy atom. The fourth-order valence-electron chi connectivity index (χ4n) is 3.21. The summed E-state index contributed by atoms with van der Waals surface area (Å²) in [5.74, 6) is 1.37. The molecule has 138 valence electrons. The van der Waals surface area contributed by atoms with Crippen molar-refractivity contribution >= 4 is 23.6 Å². The molecule has 0 radical (unpaired) electrons. The number of anilines is 1. The SMILES string of the molecule is O=C(C=Cc1ccc2c(c1)OCO2)Nc1cccc(CN2CCCC2=O)c1. The number of hydrogen-bond donors (Lipinski definition) is 1. The highest BCUT2D eigenvalue weighted by molar-refractivity contribution is 6.02. The Morgan fingerprint density at radius 1 is 1.15 bits per heavy atom. The Balaban J connectivity index is 1.37. The first-order valence-electron chi connectivity index (χ1n) is 8.93. The number of fused-ring (bicyclic) bond motifs is 1.